The summed E-state index contributed by atoms with van der Waals surface area (Å²) in [7, 11) is 0. The minimum absolute atomic E-state index is 0.526. The Hall–Kier alpha value is -0.780. The van der Waals surface area contributed by atoms with Crippen LogP contribution in [0.5, 0.6) is 0 Å². The van der Waals surface area contributed by atoms with Crippen molar-refractivity contribution in [1.29, 1.82) is 0 Å². The van der Waals surface area contributed by atoms with Crippen LogP contribution < -0.4 is 0 Å². The summed E-state index contributed by atoms with van der Waals surface area (Å²) < 4.78 is 0. The van der Waals surface area contributed by atoms with E-state index in [-0.39, 0.29) is 0 Å². The SMILES string of the molecule is [c]1ccc(C23CCC(CC2)C3)c(C23CCC(CC2)C3)c1C12CCC(CC1)C2. The third-order valence-corrected chi connectivity index (χ3v) is 10.9. The summed E-state index contributed by atoms with van der Waals surface area (Å²) >= 11 is 0. The highest BCUT2D eigenvalue weighted by atomic mass is 14.6. The molecule has 0 amide bonds. The molecule has 0 N–H and O–H groups in total. The van der Waals surface area contributed by atoms with E-state index in [1.807, 2.05) is 11.1 Å². The number of fused-ring (bicyclic) bond motifs is 6. The molecule has 6 aliphatic rings. The van der Waals surface area contributed by atoms with Gasteiger partial charge in [0.25, 0.3) is 0 Å². The van der Waals surface area contributed by atoms with Gasteiger partial charge in [-0.1, -0.05) is 12.1 Å². The van der Waals surface area contributed by atoms with Gasteiger partial charge in [0.2, 0.25) is 0 Å². The first-order valence-electron chi connectivity index (χ1n) is 12.3. The maximum atomic E-state index is 3.97. The van der Waals surface area contributed by atoms with E-state index in [1.165, 1.54) is 96.3 Å². The molecule has 27 heavy (non-hydrogen) atoms. The molecule has 143 valence electrons. The van der Waals surface area contributed by atoms with Gasteiger partial charge in [-0.2, -0.15) is 0 Å². The summed E-state index contributed by atoms with van der Waals surface area (Å²) in [5, 5.41) is 0. The smallest absolute Gasteiger partial charge is 0.00349 e. The van der Waals surface area contributed by atoms with Crippen molar-refractivity contribution in [3.63, 3.8) is 0 Å². The molecule has 0 atom stereocenters. The molecule has 0 saturated heterocycles. The summed E-state index contributed by atoms with van der Waals surface area (Å²) in [6.45, 7) is 0. The van der Waals surface area contributed by atoms with Gasteiger partial charge in [0.05, 0.1) is 0 Å². The van der Waals surface area contributed by atoms with Crippen LogP contribution >= 0.6 is 0 Å². The Labute approximate surface area is 165 Å². The second kappa shape index (κ2) is 5.22. The average Bonchev–Trinajstić information content (AvgIpc) is 3.55. The van der Waals surface area contributed by atoms with Gasteiger partial charge < -0.3 is 0 Å². The molecule has 6 saturated carbocycles. The number of benzene rings is 1. The predicted octanol–water partition coefficient (Wildman–Crippen LogP) is 6.98. The van der Waals surface area contributed by atoms with Crippen molar-refractivity contribution in [2.75, 3.05) is 0 Å². The van der Waals surface area contributed by atoms with Crippen LogP contribution in [0, 0.1) is 23.8 Å². The Bertz CT molecular complexity index is 713. The Morgan fingerprint density at radius 2 is 1.11 bits per heavy atom. The van der Waals surface area contributed by atoms with Crippen molar-refractivity contribution in [2.45, 2.75) is 113 Å². The molecule has 0 heterocycles. The van der Waals surface area contributed by atoms with Gasteiger partial charge in [-0.15, -0.1) is 0 Å². The molecule has 7 rings (SSSR count). The summed E-state index contributed by atoms with van der Waals surface area (Å²) in [5.74, 6) is 3.12. The van der Waals surface area contributed by atoms with Crippen molar-refractivity contribution in [3.8, 4) is 0 Å². The van der Waals surface area contributed by atoms with Crippen LogP contribution in [0.15, 0.2) is 12.1 Å². The first-order valence-corrected chi connectivity index (χ1v) is 12.3. The summed E-state index contributed by atoms with van der Waals surface area (Å²) in [6, 6.07) is 8.94. The van der Waals surface area contributed by atoms with Crippen molar-refractivity contribution in [2.24, 2.45) is 17.8 Å². The van der Waals surface area contributed by atoms with Gasteiger partial charge in [-0.05, 0) is 153 Å². The number of hydrogen-bond acceptors (Lipinski definition) is 0. The fourth-order valence-electron chi connectivity index (χ4n) is 9.57. The topological polar surface area (TPSA) is 0 Å². The molecule has 0 aliphatic heterocycles. The van der Waals surface area contributed by atoms with Crippen LogP contribution in [0.25, 0.3) is 0 Å². The zero-order valence-corrected chi connectivity index (χ0v) is 17.0. The summed E-state index contributed by atoms with van der Waals surface area (Å²) in [5.41, 5.74) is 7.20. The van der Waals surface area contributed by atoms with E-state index in [2.05, 4.69) is 18.2 Å². The molecule has 0 aromatic heterocycles. The van der Waals surface area contributed by atoms with E-state index in [0.29, 0.717) is 16.2 Å². The minimum Gasteiger partial charge on any atom is -0.0575 e. The quantitative estimate of drug-likeness (QED) is 0.546. The molecule has 1 radical (unpaired) electrons. The first-order chi connectivity index (χ1) is 13.2. The van der Waals surface area contributed by atoms with E-state index >= 15 is 0 Å². The Morgan fingerprint density at radius 3 is 1.59 bits per heavy atom. The van der Waals surface area contributed by atoms with E-state index in [9.17, 15) is 0 Å². The second-order valence-corrected chi connectivity index (χ2v) is 11.9. The highest BCUT2D eigenvalue weighted by molar-refractivity contribution is 5.51. The molecule has 6 fully saturated rings. The van der Waals surface area contributed by atoms with Gasteiger partial charge in [0.1, 0.15) is 0 Å². The second-order valence-electron chi connectivity index (χ2n) is 11.9. The predicted molar refractivity (Wildman–Crippen MR) is 110 cm³/mol. The third-order valence-electron chi connectivity index (χ3n) is 10.9. The van der Waals surface area contributed by atoms with Gasteiger partial charge >= 0.3 is 0 Å². The van der Waals surface area contributed by atoms with Gasteiger partial charge in [-0.3, -0.25) is 0 Å². The normalized spacial score (nSPS) is 49.6. The fraction of sp³-hybridized carbons (Fsp3) is 0.778. The molecule has 0 heteroatoms. The number of hydrogen-bond donors (Lipinski definition) is 0. The Balaban J connectivity index is 1.46. The van der Waals surface area contributed by atoms with Crippen LogP contribution in [-0.4, -0.2) is 0 Å². The van der Waals surface area contributed by atoms with Crippen LogP contribution in [0.1, 0.15) is 113 Å². The lowest BCUT2D eigenvalue weighted by Gasteiger charge is -2.42. The lowest BCUT2D eigenvalue weighted by Crippen LogP contribution is -2.34. The molecular formula is C27H35. The van der Waals surface area contributed by atoms with Gasteiger partial charge in [0, 0.05) is 0 Å². The van der Waals surface area contributed by atoms with Crippen molar-refractivity contribution in [3.05, 3.63) is 34.9 Å². The van der Waals surface area contributed by atoms with Crippen LogP contribution in [0.2, 0.25) is 0 Å². The largest absolute Gasteiger partial charge is 0.0575 e. The Morgan fingerprint density at radius 1 is 0.630 bits per heavy atom. The molecule has 0 nitrogen and oxygen atoms in total. The maximum absolute atomic E-state index is 3.97. The molecule has 1 aromatic carbocycles. The lowest BCUT2D eigenvalue weighted by atomic mass is 9.62. The molecule has 0 spiro atoms. The lowest BCUT2D eigenvalue weighted by molar-refractivity contribution is 0.360. The standard InChI is InChI=1S/C27H35/c1-2-22(25-10-4-19(16-25)5-11-25)24(27-14-8-21(18-27)9-15-27)23(3-1)26-12-6-20(17-26)7-13-26/h1-2,19-21H,4-18H2. The minimum atomic E-state index is 0.526. The molecular weight excluding hydrogens is 324 g/mol. The fourth-order valence-corrected chi connectivity index (χ4v) is 9.57. The molecule has 1 aromatic rings. The van der Waals surface area contributed by atoms with Crippen LogP contribution in [0.3, 0.4) is 0 Å². The molecule has 6 aliphatic carbocycles. The number of rotatable bonds is 3. The zero-order valence-electron chi connectivity index (χ0n) is 17.0. The third kappa shape index (κ3) is 2.01. The van der Waals surface area contributed by atoms with E-state index in [4.69, 9.17) is 0 Å². The zero-order chi connectivity index (χ0) is 17.7. The van der Waals surface area contributed by atoms with Crippen LogP contribution in [-0.2, 0) is 16.2 Å². The average molecular weight is 360 g/mol. The van der Waals surface area contributed by atoms with Crippen molar-refractivity contribution in [1.82, 2.24) is 0 Å². The van der Waals surface area contributed by atoms with Crippen molar-refractivity contribution >= 4 is 0 Å². The van der Waals surface area contributed by atoms with Gasteiger partial charge in [0.15, 0.2) is 0 Å². The van der Waals surface area contributed by atoms with E-state index in [0.717, 1.165) is 17.8 Å². The maximum Gasteiger partial charge on any atom is -0.00349 e. The molecule has 0 unspecified atom stereocenters. The highest BCUT2D eigenvalue weighted by Crippen LogP contribution is 2.65. The Kier molecular flexibility index (Phi) is 3.11. The molecule has 6 bridgehead atoms. The first kappa shape index (κ1) is 16.1. The highest BCUT2D eigenvalue weighted by Gasteiger charge is 2.55. The van der Waals surface area contributed by atoms with E-state index < -0.39 is 0 Å². The van der Waals surface area contributed by atoms with Gasteiger partial charge in [-0.25, -0.2) is 0 Å². The van der Waals surface area contributed by atoms with Crippen molar-refractivity contribution < 1.29 is 0 Å². The monoisotopic (exact) mass is 359 g/mol. The van der Waals surface area contributed by atoms with Crippen LogP contribution in [0.4, 0.5) is 0 Å². The van der Waals surface area contributed by atoms with E-state index in [1.54, 1.807) is 5.56 Å². The summed E-state index contributed by atoms with van der Waals surface area (Å²) in [4.78, 5) is 0. The summed E-state index contributed by atoms with van der Waals surface area (Å²) in [6.07, 6.45) is 22.5.